The van der Waals surface area contributed by atoms with Crippen LogP contribution in [-0.2, 0) is 10.5 Å². The fraction of sp³-hybridized carbons (Fsp3) is 0.273. The van der Waals surface area contributed by atoms with Crippen LogP contribution in [0.25, 0.3) is 15.9 Å². The standard InChI is InChI=1S/C22H23N5OS3/c1-15(2)12-23-20(28)14-29-21-26-25-19(27(21)16-8-4-3-5-9-16)13-30-22-24-17-10-6-7-11-18(17)31-22/h3-11,15H,12-14H2,1-2H3,(H,23,28). The minimum Gasteiger partial charge on any atom is -0.355 e. The molecule has 1 N–H and O–H groups in total. The maximum Gasteiger partial charge on any atom is 0.230 e. The van der Waals surface area contributed by atoms with E-state index in [0.717, 1.165) is 21.4 Å². The number of thioether (sulfide) groups is 2. The Bertz CT molecular complexity index is 1120. The summed E-state index contributed by atoms with van der Waals surface area (Å²) < 4.78 is 4.21. The first-order valence-corrected chi connectivity index (χ1v) is 12.8. The van der Waals surface area contributed by atoms with E-state index in [1.54, 1.807) is 23.1 Å². The number of fused-ring (bicyclic) bond motifs is 1. The van der Waals surface area contributed by atoms with Crippen molar-refractivity contribution in [2.24, 2.45) is 5.92 Å². The van der Waals surface area contributed by atoms with Gasteiger partial charge in [-0.15, -0.1) is 21.5 Å². The van der Waals surface area contributed by atoms with Gasteiger partial charge in [0.15, 0.2) is 9.50 Å². The Hall–Kier alpha value is -2.36. The van der Waals surface area contributed by atoms with Gasteiger partial charge in [-0.05, 0) is 30.2 Å². The van der Waals surface area contributed by atoms with E-state index in [1.165, 1.54) is 16.5 Å². The second kappa shape index (κ2) is 10.3. The van der Waals surface area contributed by atoms with E-state index in [9.17, 15) is 4.79 Å². The van der Waals surface area contributed by atoms with E-state index in [1.807, 2.05) is 53.1 Å². The highest BCUT2D eigenvalue weighted by atomic mass is 32.2. The molecule has 1 amide bonds. The predicted molar refractivity (Wildman–Crippen MR) is 129 cm³/mol. The highest BCUT2D eigenvalue weighted by molar-refractivity contribution is 8.00. The van der Waals surface area contributed by atoms with Crippen molar-refractivity contribution in [1.82, 2.24) is 25.1 Å². The molecular weight excluding hydrogens is 446 g/mol. The Kier molecular flexibility index (Phi) is 7.26. The molecule has 0 saturated carbocycles. The normalized spacial score (nSPS) is 11.3. The van der Waals surface area contributed by atoms with Gasteiger partial charge in [0, 0.05) is 12.2 Å². The topological polar surface area (TPSA) is 72.7 Å². The molecule has 0 aliphatic carbocycles. The molecule has 0 fully saturated rings. The molecule has 0 aliphatic heterocycles. The van der Waals surface area contributed by atoms with Crippen molar-refractivity contribution in [3.8, 4) is 5.69 Å². The van der Waals surface area contributed by atoms with Crippen molar-refractivity contribution < 1.29 is 4.79 Å². The van der Waals surface area contributed by atoms with Gasteiger partial charge in [0.1, 0.15) is 5.82 Å². The second-order valence-electron chi connectivity index (χ2n) is 7.29. The van der Waals surface area contributed by atoms with E-state index >= 15 is 0 Å². The summed E-state index contributed by atoms with van der Waals surface area (Å²) in [5.41, 5.74) is 2.00. The molecule has 0 saturated heterocycles. The van der Waals surface area contributed by atoms with Crippen molar-refractivity contribution >= 4 is 51.0 Å². The fourth-order valence-corrected chi connectivity index (χ4v) is 5.64. The molecule has 0 atom stereocenters. The minimum atomic E-state index is 0.00622. The highest BCUT2D eigenvalue weighted by Gasteiger charge is 2.17. The third-order valence-corrected chi connectivity index (χ3v) is 7.46. The molecule has 9 heteroatoms. The van der Waals surface area contributed by atoms with Gasteiger partial charge in [-0.2, -0.15) is 0 Å². The van der Waals surface area contributed by atoms with Gasteiger partial charge in [0.05, 0.1) is 21.7 Å². The molecule has 0 bridgehead atoms. The first-order valence-electron chi connectivity index (χ1n) is 9.97. The molecule has 0 unspecified atom stereocenters. The third-order valence-electron chi connectivity index (χ3n) is 4.35. The Balaban J connectivity index is 1.51. The maximum absolute atomic E-state index is 12.2. The van der Waals surface area contributed by atoms with Crippen molar-refractivity contribution in [2.45, 2.75) is 29.1 Å². The fourth-order valence-electron chi connectivity index (χ4n) is 2.86. The molecule has 31 heavy (non-hydrogen) atoms. The lowest BCUT2D eigenvalue weighted by atomic mass is 10.2. The van der Waals surface area contributed by atoms with E-state index in [2.05, 4.69) is 35.4 Å². The first kappa shape index (κ1) is 21.9. The molecule has 0 spiro atoms. The largest absolute Gasteiger partial charge is 0.355 e. The van der Waals surface area contributed by atoms with Gasteiger partial charge in [-0.1, -0.05) is 67.7 Å². The van der Waals surface area contributed by atoms with Gasteiger partial charge >= 0.3 is 0 Å². The van der Waals surface area contributed by atoms with Crippen LogP contribution < -0.4 is 5.32 Å². The maximum atomic E-state index is 12.2. The van der Waals surface area contributed by atoms with Gasteiger partial charge in [0.25, 0.3) is 0 Å². The second-order valence-corrected chi connectivity index (χ2v) is 10.5. The lowest BCUT2D eigenvalue weighted by Gasteiger charge is -2.10. The lowest BCUT2D eigenvalue weighted by molar-refractivity contribution is -0.118. The van der Waals surface area contributed by atoms with E-state index in [4.69, 9.17) is 4.98 Å². The van der Waals surface area contributed by atoms with Crippen molar-refractivity contribution in [1.29, 1.82) is 0 Å². The van der Waals surface area contributed by atoms with Crippen molar-refractivity contribution in [3.05, 3.63) is 60.4 Å². The number of carbonyl (C=O) groups excluding carboxylic acids is 1. The van der Waals surface area contributed by atoms with Crippen LogP contribution in [0.5, 0.6) is 0 Å². The van der Waals surface area contributed by atoms with Gasteiger partial charge in [-0.3, -0.25) is 9.36 Å². The van der Waals surface area contributed by atoms with Crippen LogP contribution in [0.1, 0.15) is 19.7 Å². The SMILES string of the molecule is CC(C)CNC(=O)CSc1nnc(CSc2nc3ccccc3s2)n1-c1ccccc1. The molecule has 2 aromatic carbocycles. The summed E-state index contributed by atoms with van der Waals surface area (Å²) in [5.74, 6) is 2.21. The summed E-state index contributed by atoms with van der Waals surface area (Å²) in [7, 11) is 0. The number of benzene rings is 2. The van der Waals surface area contributed by atoms with Crippen LogP contribution >= 0.6 is 34.9 Å². The van der Waals surface area contributed by atoms with Crippen LogP contribution in [0, 0.1) is 5.92 Å². The number of amides is 1. The van der Waals surface area contributed by atoms with Gasteiger partial charge in [0.2, 0.25) is 5.91 Å². The lowest BCUT2D eigenvalue weighted by Crippen LogP contribution is -2.28. The average Bonchev–Trinajstić information content (AvgIpc) is 3.38. The summed E-state index contributed by atoms with van der Waals surface area (Å²) in [6, 6.07) is 18.2. The van der Waals surface area contributed by atoms with Crippen molar-refractivity contribution in [3.63, 3.8) is 0 Å². The third kappa shape index (κ3) is 5.66. The summed E-state index contributed by atoms with van der Waals surface area (Å²) >= 11 is 4.74. The molecule has 4 aromatic rings. The number of hydrogen-bond donors (Lipinski definition) is 1. The van der Waals surface area contributed by atoms with Crippen LogP contribution in [0.15, 0.2) is 64.1 Å². The van der Waals surface area contributed by atoms with E-state index in [0.29, 0.717) is 29.1 Å². The van der Waals surface area contributed by atoms with E-state index < -0.39 is 0 Å². The number of nitrogens with zero attached hydrogens (tertiary/aromatic N) is 4. The summed E-state index contributed by atoms with van der Waals surface area (Å²) in [6.07, 6.45) is 0. The van der Waals surface area contributed by atoms with Crippen molar-refractivity contribution in [2.75, 3.05) is 12.3 Å². The number of thiazole rings is 1. The Morgan fingerprint density at radius 2 is 1.84 bits per heavy atom. The molecule has 6 nitrogen and oxygen atoms in total. The van der Waals surface area contributed by atoms with Crippen LogP contribution in [0.4, 0.5) is 0 Å². The Morgan fingerprint density at radius 1 is 1.06 bits per heavy atom. The van der Waals surface area contributed by atoms with E-state index in [-0.39, 0.29) is 5.91 Å². The number of hydrogen-bond acceptors (Lipinski definition) is 7. The summed E-state index contributed by atoms with van der Waals surface area (Å²) in [5, 5.41) is 12.5. The summed E-state index contributed by atoms with van der Waals surface area (Å²) in [6.45, 7) is 4.83. The molecule has 2 heterocycles. The molecular formula is C22H23N5OS3. The summed E-state index contributed by atoms with van der Waals surface area (Å²) in [4.78, 5) is 16.9. The molecule has 2 aromatic heterocycles. The first-order chi connectivity index (χ1) is 15.1. The number of carbonyl (C=O) groups is 1. The monoisotopic (exact) mass is 469 g/mol. The highest BCUT2D eigenvalue weighted by Crippen LogP contribution is 2.32. The minimum absolute atomic E-state index is 0.00622. The average molecular weight is 470 g/mol. The number of para-hydroxylation sites is 2. The molecule has 160 valence electrons. The van der Waals surface area contributed by atoms with Crippen LogP contribution in [0.2, 0.25) is 0 Å². The molecule has 0 aliphatic rings. The zero-order valence-electron chi connectivity index (χ0n) is 17.3. The number of nitrogens with one attached hydrogen (secondary N) is 1. The molecule has 4 rings (SSSR count). The molecule has 0 radical (unpaired) electrons. The van der Waals surface area contributed by atoms with Crippen LogP contribution in [0.3, 0.4) is 0 Å². The predicted octanol–water partition coefficient (Wildman–Crippen LogP) is 5.03. The number of aromatic nitrogens is 4. The Morgan fingerprint density at radius 3 is 2.61 bits per heavy atom. The smallest absolute Gasteiger partial charge is 0.230 e. The zero-order valence-corrected chi connectivity index (χ0v) is 19.8. The van der Waals surface area contributed by atoms with Gasteiger partial charge < -0.3 is 5.32 Å². The quantitative estimate of drug-likeness (QED) is 0.347. The zero-order chi connectivity index (χ0) is 21.6. The number of rotatable bonds is 9. The van der Waals surface area contributed by atoms with Crippen LogP contribution in [-0.4, -0.2) is 38.0 Å². The van der Waals surface area contributed by atoms with Gasteiger partial charge in [-0.25, -0.2) is 4.98 Å². The Labute approximate surface area is 193 Å².